The topological polar surface area (TPSA) is 61.8 Å². The Labute approximate surface area is 383 Å². The molecule has 0 spiro atoms. The van der Waals surface area contributed by atoms with Crippen molar-refractivity contribution in [3.63, 3.8) is 0 Å². The Morgan fingerprint density at radius 2 is 0.726 bits per heavy atom. The van der Waals surface area contributed by atoms with Crippen LogP contribution in [0.1, 0.15) is 226 Å². The van der Waals surface area contributed by atoms with Crippen molar-refractivity contribution >= 4 is 11.9 Å². The summed E-state index contributed by atoms with van der Waals surface area (Å²) < 4.78 is 17.3. The van der Waals surface area contributed by atoms with E-state index in [0.717, 1.165) is 116 Å². The van der Waals surface area contributed by atoms with Gasteiger partial charge in [-0.2, -0.15) is 0 Å². The molecule has 0 saturated heterocycles. The number of carbonyl (C=O) groups excluding carboxylic acids is 2. The lowest BCUT2D eigenvalue weighted by atomic mass is 10.1. The first kappa shape index (κ1) is 58.8. The van der Waals surface area contributed by atoms with Crippen molar-refractivity contribution in [3.05, 3.63) is 97.2 Å². The molecule has 0 N–H and O–H groups in total. The average Bonchev–Trinajstić information content (AvgIpc) is 3.27. The zero-order chi connectivity index (χ0) is 44.9. The summed E-state index contributed by atoms with van der Waals surface area (Å²) in [5, 5.41) is 0. The Kier molecular flexibility index (Phi) is 49.5. The summed E-state index contributed by atoms with van der Waals surface area (Å²) in [5.74, 6) is -0.432. The highest BCUT2D eigenvalue weighted by Gasteiger charge is 2.17. The molecule has 0 aliphatic rings. The molecule has 0 aromatic carbocycles. The third kappa shape index (κ3) is 49.5. The summed E-state index contributed by atoms with van der Waals surface area (Å²) in [4.78, 5) is 25.4. The minimum atomic E-state index is -0.552. The average molecular weight is 861 g/mol. The van der Waals surface area contributed by atoms with E-state index in [1.807, 2.05) is 0 Å². The van der Waals surface area contributed by atoms with E-state index in [9.17, 15) is 9.59 Å². The Morgan fingerprint density at radius 1 is 0.371 bits per heavy atom. The molecule has 0 aliphatic heterocycles. The molecule has 0 rings (SSSR count). The predicted molar refractivity (Wildman–Crippen MR) is 270 cm³/mol. The monoisotopic (exact) mass is 861 g/mol. The normalized spacial score (nSPS) is 13.0. The van der Waals surface area contributed by atoms with Crippen LogP contribution in [-0.2, 0) is 23.8 Å². The van der Waals surface area contributed by atoms with Crippen molar-refractivity contribution in [2.24, 2.45) is 0 Å². The van der Waals surface area contributed by atoms with Gasteiger partial charge in [0.25, 0.3) is 0 Å². The third-order valence-electron chi connectivity index (χ3n) is 10.6. The summed E-state index contributed by atoms with van der Waals surface area (Å²) in [7, 11) is 0. The van der Waals surface area contributed by atoms with Crippen LogP contribution in [0.2, 0.25) is 0 Å². The fourth-order valence-electron chi connectivity index (χ4n) is 6.84. The number of hydrogen-bond donors (Lipinski definition) is 0. The van der Waals surface area contributed by atoms with E-state index < -0.39 is 6.10 Å². The molecule has 0 bridgehead atoms. The van der Waals surface area contributed by atoms with Gasteiger partial charge < -0.3 is 14.2 Å². The van der Waals surface area contributed by atoms with E-state index in [1.165, 1.54) is 77.0 Å². The number of ether oxygens (including phenoxy) is 3. The van der Waals surface area contributed by atoms with Gasteiger partial charge in [0, 0.05) is 19.4 Å². The van der Waals surface area contributed by atoms with Gasteiger partial charge in [-0.3, -0.25) is 9.59 Å². The molecule has 0 radical (unpaired) electrons. The summed E-state index contributed by atoms with van der Waals surface area (Å²) in [6.45, 7) is 7.56. The Morgan fingerprint density at radius 3 is 1.16 bits per heavy atom. The maximum absolute atomic E-state index is 12.8. The third-order valence-corrected chi connectivity index (χ3v) is 10.6. The Balaban J connectivity index is 4.22. The first-order valence-corrected chi connectivity index (χ1v) is 25.8. The molecule has 5 heteroatoms. The van der Waals surface area contributed by atoms with Crippen LogP contribution in [0.4, 0.5) is 0 Å². The lowest BCUT2D eigenvalue weighted by Crippen LogP contribution is -2.30. The van der Waals surface area contributed by atoms with Crippen LogP contribution in [0.25, 0.3) is 0 Å². The van der Waals surface area contributed by atoms with Crippen molar-refractivity contribution in [1.82, 2.24) is 0 Å². The van der Waals surface area contributed by atoms with Gasteiger partial charge in [-0.15, -0.1) is 0 Å². The second-order valence-electron chi connectivity index (χ2n) is 16.7. The van der Waals surface area contributed by atoms with Gasteiger partial charge >= 0.3 is 11.9 Å². The Hall–Kier alpha value is -3.18. The van der Waals surface area contributed by atoms with Crippen LogP contribution >= 0.6 is 0 Å². The van der Waals surface area contributed by atoms with Crippen LogP contribution in [0.15, 0.2) is 97.2 Å². The van der Waals surface area contributed by atoms with Crippen molar-refractivity contribution in [2.45, 2.75) is 232 Å². The summed E-state index contributed by atoms with van der Waals surface area (Å²) >= 11 is 0. The highest BCUT2D eigenvalue weighted by atomic mass is 16.6. The van der Waals surface area contributed by atoms with Gasteiger partial charge in [-0.25, -0.2) is 0 Å². The van der Waals surface area contributed by atoms with E-state index in [2.05, 4.69) is 118 Å². The molecule has 62 heavy (non-hydrogen) atoms. The maximum atomic E-state index is 12.8. The van der Waals surface area contributed by atoms with E-state index in [0.29, 0.717) is 19.4 Å². The molecule has 0 aliphatic carbocycles. The largest absolute Gasteiger partial charge is 0.462 e. The number of unbranched alkanes of at least 4 members (excludes halogenated alkanes) is 19. The summed E-state index contributed by atoms with van der Waals surface area (Å²) in [6, 6.07) is 0. The quantitative estimate of drug-likeness (QED) is 0.0347. The molecule has 0 fully saturated rings. The van der Waals surface area contributed by atoms with E-state index in [1.54, 1.807) is 0 Å². The van der Waals surface area contributed by atoms with Gasteiger partial charge in [0.2, 0.25) is 0 Å². The van der Waals surface area contributed by atoms with Gasteiger partial charge in [-0.1, -0.05) is 214 Å². The van der Waals surface area contributed by atoms with E-state index >= 15 is 0 Å². The highest BCUT2D eigenvalue weighted by molar-refractivity contribution is 5.70. The second-order valence-corrected chi connectivity index (χ2v) is 16.7. The van der Waals surface area contributed by atoms with Gasteiger partial charge in [0.15, 0.2) is 6.10 Å². The first-order valence-electron chi connectivity index (χ1n) is 25.8. The molecule has 0 amide bonds. The van der Waals surface area contributed by atoms with Crippen LogP contribution < -0.4 is 0 Å². The van der Waals surface area contributed by atoms with E-state index in [4.69, 9.17) is 14.2 Å². The number of rotatable bonds is 46. The zero-order valence-electron chi connectivity index (χ0n) is 40.6. The van der Waals surface area contributed by atoms with Crippen LogP contribution in [0.3, 0.4) is 0 Å². The SMILES string of the molecule is CC/C=C\C/C=C\C/C=C\C/C=C\CCCCCCCCC(=O)OCC(COCCCCCCCCCC)OC(=O)CCCCCCCC/C=C\C/C=C\C/C=C\C/C=C\CC. The van der Waals surface area contributed by atoms with Crippen LogP contribution in [-0.4, -0.2) is 37.9 Å². The molecule has 0 saturated carbocycles. The number of allylic oxidation sites excluding steroid dienone is 16. The molecule has 0 heterocycles. The lowest BCUT2D eigenvalue weighted by Gasteiger charge is -2.18. The van der Waals surface area contributed by atoms with Crippen LogP contribution in [0, 0.1) is 0 Å². The lowest BCUT2D eigenvalue weighted by molar-refractivity contribution is -0.163. The maximum Gasteiger partial charge on any atom is 0.306 e. The van der Waals surface area contributed by atoms with Crippen molar-refractivity contribution in [1.29, 1.82) is 0 Å². The fraction of sp³-hybridized carbons (Fsp3) is 0.684. The first-order chi connectivity index (χ1) is 30.6. The van der Waals surface area contributed by atoms with Crippen molar-refractivity contribution in [3.8, 4) is 0 Å². The number of carbonyl (C=O) groups is 2. The number of esters is 2. The molecule has 1 unspecified atom stereocenters. The Bertz CT molecular complexity index is 1200. The summed E-state index contributed by atoms with van der Waals surface area (Å²) in [6.07, 6.45) is 69.9. The molecule has 0 aromatic rings. The predicted octanol–water partition coefficient (Wildman–Crippen LogP) is 17.5. The number of hydrogen-bond acceptors (Lipinski definition) is 5. The highest BCUT2D eigenvalue weighted by Crippen LogP contribution is 2.13. The smallest absolute Gasteiger partial charge is 0.306 e. The second kappa shape index (κ2) is 52.2. The molecular weight excluding hydrogens is 765 g/mol. The zero-order valence-corrected chi connectivity index (χ0v) is 40.6. The molecule has 354 valence electrons. The fourth-order valence-corrected chi connectivity index (χ4v) is 6.84. The molecule has 0 aromatic heterocycles. The molecular formula is C57H96O5. The minimum absolute atomic E-state index is 0.0680. The van der Waals surface area contributed by atoms with Crippen molar-refractivity contribution < 1.29 is 23.8 Å². The minimum Gasteiger partial charge on any atom is -0.462 e. The van der Waals surface area contributed by atoms with Gasteiger partial charge in [0.1, 0.15) is 6.61 Å². The molecule has 5 nitrogen and oxygen atoms in total. The van der Waals surface area contributed by atoms with Crippen LogP contribution in [0.5, 0.6) is 0 Å². The van der Waals surface area contributed by atoms with E-state index in [-0.39, 0.29) is 25.2 Å². The molecule has 1 atom stereocenters. The van der Waals surface area contributed by atoms with Gasteiger partial charge in [0.05, 0.1) is 6.61 Å². The van der Waals surface area contributed by atoms with Gasteiger partial charge in [-0.05, 0) is 96.3 Å². The summed E-state index contributed by atoms with van der Waals surface area (Å²) in [5.41, 5.74) is 0. The standard InChI is InChI=1S/C57H96O5/c1-4-7-10-13-16-19-21-23-25-27-29-31-33-35-37-39-41-44-47-50-56(58)61-54-55(53-60-52-49-46-43-18-15-12-9-6-3)62-57(59)51-48-45-42-40-38-36-34-32-30-28-26-24-22-20-17-14-11-8-5-2/h7-8,10-11,16-17,19-20,23-26,29-32,55H,4-6,9,12-15,18,21-22,27-28,33-54H2,1-3H3/b10-7-,11-8-,19-16-,20-17-,25-23-,26-24-,31-29-,32-30-. The van der Waals surface area contributed by atoms with Crippen molar-refractivity contribution in [2.75, 3.05) is 19.8 Å².